The predicted octanol–water partition coefficient (Wildman–Crippen LogP) is 2.66. The minimum absolute atomic E-state index is 0.281. The Bertz CT molecular complexity index is 284. The lowest BCUT2D eigenvalue weighted by molar-refractivity contribution is 0.296. The average Bonchev–Trinajstić information content (AvgIpc) is 2.28. The summed E-state index contributed by atoms with van der Waals surface area (Å²) < 4.78 is 0. The monoisotopic (exact) mass is 239 g/mol. The fourth-order valence-corrected chi connectivity index (χ4v) is 2.12. The van der Waals surface area contributed by atoms with Gasteiger partial charge in [0.15, 0.2) is 0 Å². The molecule has 0 amide bonds. The highest BCUT2D eigenvalue weighted by molar-refractivity contribution is 7.99. The van der Waals surface area contributed by atoms with Crippen LogP contribution < -0.4 is 5.32 Å². The van der Waals surface area contributed by atoms with E-state index < -0.39 is 0 Å². The normalized spacial score (nSPS) is 11.0. The number of benzene rings is 1. The number of hydrogen-bond donors (Lipinski definition) is 2. The fourth-order valence-electron chi connectivity index (χ4n) is 1.28. The summed E-state index contributed by atoms with van der Waals surface area (Å²) in [5.41, 5.74) is 1.32. The quantitative estimate of drug-likeness (QED) is 0.567. The second-order valence-electron chi connectivity index (χ2n) is 4.11. The lowest BCUT2D eigenvalue weighted by Gasteiger charge is -2.08. The SMILES string of the molecule is CC(C)NCc1ccc(SCCCO)cc1. The van der Waals surface area contributed by atoms with Crippen molar-refractivity contribution in [3.63, 3.8) is 0 Å². The van der Waals surface area contributed by atoms with Crippen molar-refractivity contribution < 1.29 is 5.11 Å². The van der Waals surface area contributed by atoms with Crippen molar-refractivity contribution in [1.82, 2.24) is 5.32 Å². The largest absolute Gasteiger partial charge is 0.396 e. The number of thioether (sulfide) groups is 1. The van der Waals surface area contributed by atoms with Crippen LogP contribution in [0.3, 0.4) is 0 Å². The predicted molar refractivity (Wildman–Crippen MR) is 70.8 cm³/mol. The molecule has 1 aromatic carbocycles. The lowest BCUT2D eigenvalue weighted by Crippen LogP contribution is -2.21. The topological polar surface area (TPSA) is 32.3 Å². The first-order chi connectivity index (χ1) is 7.72. The summed E-state index contributed by atoms with van der Waals surface area (Å²) in [4.78, 5) is 1.28. The van der Waals surface area contributed by atoms with E-state index in [1.54, 1.807) is 11.8 Å². The summed E-state index contributed by atoms with van der Waals surface area (Å²) in [5.74, 6) is 0.986. The summed E-state index contributed by atoms with van der Waals surface area (Å²) >= 11 is 1.80. The first kappa shape index (κ1) is 13.6. The molecule has 3 heteroatoms. The zero-order valence-corrected chi connectivity index (χ0v) is 10.9. The first-order valence-corrected chi connectivity index (χ1v) is 6.77. The fraction of sp³-hybridized carbons (Fsp3) is 0.538. The number of rotatable bonds is 7. The van der Waals surface area contributed by atoms with Gasteiger partial charge in [0, 0.05) is 29.8 Å². The zero-order chi connectivity index (χ0) is 11.8. The van der Waals surface area contributed by atoms with Crippen molar-refractivity contribution in [3.8, 4) is 0 Å². The second-order valence-corrected chi connectivity index (χ2v) is 5.27. The Kier molecular flexibility index (Phi) is 6.53. The highest BCUT2D eigenvalue weighted by Crippen LogP contribution is 2.19. The molecule has 0 fully saturated rings. The molecular weight excluding hydrogens is 218 g/mol. The molecule has 2 N–H and O–H groups in total. The van der Waals surface area contributed by atoms with Crippen LogP contribution in [0.4, 0.5) is 0 Å². The molecule has 0 aliphatic rings. The Balaban J connectivity index is 2.35. The Labute approximate surface area is 102 Å². The van der Waals surface area contributed by atoms with E-state index in [2.05, 4.69) is 43.4 Å². The van der Waals surface area contributed by atoms with E-state index in [1.165, 1.54) is 10.5 Å². The first-order valence-electron chi connectivity index (χ1n) is 5.78. The van der Waals surface area contributed by atoms with Gasteiger partial charge in [0.2, 0.25) is 0 Å². The standard InChI is InChI=1S/C13H21NOS/c1-11(2)14-10-12-4-6-13(7-5-12)16-9-3-8-15/h4-7,11,14-15H,3,8-10H2,1-2H3. The van der Waals surface area contributed by atoms with Crippen molar-refractivity contribution in [2.24, 2.45) is 0 Å². The van der Waals surface area contributed by atoms with Crippen molar-refractivity contribution in [1.29, 1.82) is 0 Å². The van der Waals surface area contributed by atoms with Crippen molar-refractivity contribution in [3.05, 3.63) is 29.8 Å². The third-order valence-electron chi connectivity index (χ3n) is 2.21. The molecule has 1 rings (SSSR count). The van der Waals surface area contributed by atoms with Gasteiger partial charge in [0.05, 0.1) is 0 Å². The molecule has 1 aromatic rings. The molecule has 0 saturated carbocycles. The molecular formula is C13H21NOS. The molecule has 0 saturated heterocycles. The van der Waals surface area contributed by atoms with Crippen LogP contribution >= 0.6 is 11.8 Å². The Morgan fingerprint density at radius 1 is 1.25 bits per heavy atom. The maximum Gasteiger partial charge on any atom is 0.0439 e. The van der Waals surface area contributed by atoms with Crippen molar-refractivity contribution in [2.75, 3.05) is 12.4 Å². The summed E-state index contributed by atoms with van der Waals surface area (Å²) in [6.45, 7) is 5.51. The lowest BCUT2D eigenvalue weighted by atomic mass is 10.2. The van der Waals surface area contributed by atoms with Gasteiger partial charge in [-0.25, -0.2) is 0 Å². The minimum Gasteiger partial charge on any atom is -0.396 e. The van der Waals surface area contributed by atoms with Crippen LogP contribution in [0.5, 0.6) is 0 Å². The molecule has 0 radical (unpaired) electrons. The summed E-state index contributed by atoms with van der Waals surface area (Å²) in [6, 6.07) is 9.16. The maximum atomic E-state index is 8.69. The Morgan fingerprint density at radius 2 is 1.94 bits per heavy atom. The van der Waals surface area contributed by atoms with Gasteiger partial charge >= 0.3 is 0 Å². The maximum absolute atomic E-state index is 8.69. The van der Waals surface area contributed by atoms with Crippen LogP contribution in [0, 0.1) is 0 Å². The van der Waals surface area contributed by atoms with Gasteiger partial charge in [-0.05, 0) is 24.1 Å². The Hall–Kier alpha value is -0.510. The van der Waals surface area contributed by atoms with Crippen LogP contribution in [0.15, 0.2) is 29.2 Å². The molecule has 0 aliphatic heterocycles. The molecule has 2 nitrogen and oxygen atoms in total. The number of aliphatic hydroxyl groups is 1. The van der Waals surface area contributed by atoms with E-state index in [-0.39, 0.29) is 6.61 Å². The van der Waals surface area contributed by atoms with Gasteiger partial charge < -0.3 is 10.4 Å². The molecule has 0 aromatic heterocycles. The van der Waals surface area contributed by atoms with Crippen LogP contribution in [-0.2, 0) is 6.54 Å². The van der Waals surface area contributed by atoms with Crippen LogP contribution in [-0.4, -0.2) is 23.5 Å². The summed E-state index contributed by atoms with van der Waals surface area (Å²) in [5, 5.41) is 12.1. The van der Waals surface area contributed by atoms with Gasteiger partial charge in [-0.15, -0.1) is 11.8 Å². The van der Waals surface area contributed by atoms with E-state index in [9.17, 15) is 0 Å². The molecule has 0 atom stereocenters. The molecule has 0 spiro atoms. The average molecular weight is 239 g/mol. The van der Waals surface area contributed by atoms with E-state index in [4.69, 9.17) is 5.11 Å². The van der Waals surface area contributed by atoms with Crippen LogP contribution in [0.1, 0.15) is 25.8 Å². The molecule has 0 aliphatic carbocycles. The van der Waals surface area contributed by atoms with E-state index in [1.807, 2.05) is 0 Å². The molecule has 16 heavy (non-hydrogen) atoms. The van der Waals surface area contributed by atoms with Crippen molar-refractivity contribution >= 4 is 11.8 Å². The minimum atomic E-state index is 0.281. The molecule has 0 heterocycles. The molecule has 0 unspecified atom stereocenters. The van der Waals surface area contributed by atoms with Crippen molar-refractivity contribution in [2.45, 2.75) is 37.8 Å². The number of nitrogens with one attached hydrogen (secondary N) is 1. The zero-order valence-electron chi connectivity index (χ0n) is 10.1. The van der Waals surface area contributed by atoms with Crippen LogP contribution in [0.25, 0.3) is 0 Å². The second kappa shape index (κ2) is 7.71. The number of hydrogen-bond acceptors (Lipinski definition) is 3. The van der Waals surface area contributed by atoms with Gasteiger partial charge in [0.1, 0.15) is 0 Å². The smallest absolute Gasteiger partial charge is 0.0439 e. The number of aliphatic hydroxyl groups excluding tert-OH is 1. The molecule has 90 valence electrons. The molecule has 0 bridgehead atoms. The van der Waals surface area contributed by atoms with Gasteiger partial charge in [-0.1, -0.05) is 26.0 Å². The van der Waals surface area contributed by atoms with Gasteiger partial charge in [0.25, 0.3) is 0 Å². The summed E-state index contributed by atoms with van der Waals surface area (Å²) in [6.07, 6.45) is 0.862. The third kappa shape index (κ3) is 5.54. The Morgan fingerprint density at radius 3 is 2.50 bits per heavy atom. The van der Waals surface area contributed by atoms with Gasteiger partial charge in [-0.2, -0.15) is 0 Å². The highest BCUT2D eigenvalue weighted by Gasteiger charge is 1.97. The highest BCUT2D eigenvalue weighted by atomic mass is 32.2. The summed E-state index contributed by atoms with van der Waals surface area (Å²) in [7, 11) is 0. The van der Waals surface area contributed by atoms with E-state index in [0.29, 0.717) is 6.04 Å². The van der Waals surface area contributed by atoms with E-state index in [0.717, 1.165) is 18.7 Å². The van der Waals surface area contributed by atoms with Crippen LogP contribution in [0.2, 0.25) is 0 Å². The third-order valence-corrected chi connectivity index (χ3v) is 3.31. The van der Waals surface area contributed by atoms with Gasteiger partial charge in [-0.3, -0.25) is 0 Å². The van der Waals surface area contributed by atoms with E-state index >= 15 is 0 Å².